The third kappa shape index (κ3) is 5.30. The highest BCUT2D eigenvalue weighted by atomic mass is 16.6. The number of unbranched alkanes of at least 4 members (excludes halogenated alkanes) is 1. The van der Waals surface area contributed by atoms with E-state index >= 15 is 0 Å². The van der Waals surface area contributed by atoms with Crippen LogP contribution in [-0.4, -0.2) is 41.4 Å². The van der Waals surface area contributed by atoms with Gasteiger partial charge in [0.2, 0.25) is 0 Å². The molecule has 0 aliphatic carbocycles. The Morgan fingerprint density at radius 2 is 1.81 bits per heavy atom. The SMILES string of the molecule is CCCCOc1cccc(OC2C[C@H]3CC[C@@H](C2)N3C(=O)OC(C)(C)C)c1. The number of carbonyl (C=O) groups is 1. The summed E-state index contributed by atoms with van der Waals surface area (Å²) in [5, 5.41) is 0. The Hall–Kier alpha value is -1.91. The highest BCUT2D eigenvalue weighted by Gasteiger charge is 2.45. The number of hydrogen-bond donors (Lipinski definition) is 0. The van der Waals surface area contributed by atoms with E-state index in [4.69, 9.17) is 14.2 Å². The van der Waals surface area contributed by atoms with Crippen LogP contribution in [0.4, 0.5) is 4.79 Å². The molecule has 3 rings (SSSR count). The summed E-state index contributed by atoms with van der Waals surface area (Å²) in [5.41, 5.74) is -0.456. The standard InChI is InChI=1S/C22H33NO4/c1-5-6-12-25-18-8-7-9-19(15-18)26-20-13-16-10-11-17(14-20)23(16)21(24)27-22(2,3)4/h7-9,15-17,20H,5-6,10-14H2,1-4H3/t16-,17+,20?. The van der Waals surface area contributed by atoms with E-state index < -0.39 is 5.60 Å². The van der Waals surface area contributed by atoms with Gasteiger partial charge in [0, 0.05) is 31.0 Å². The van der Waals surface area contributed by atoms with Gasteiger partial charge in [0.1, 0.15) is 23.2 Å². The molecule has 150 valence electrons. The third-order valence-electron chi connectivity index (χ3n) is 5.17. The van der Waals surface area contributed by atoms with Crippen molar-refractivity contribution in [3.05, 3.63) is 24.3 Å². The highest BCUT2D eigenvalue weighted by molar-refractivity contribution is 5.69. The zero-order chi connectivity index (χ0) is 19.4. The van der Waals surface area contributed by atoms with Crippen LogP contribution in [0.3, 0.4) is 0 Å². The fraction of sp³-hybridized carbons (Fsp3) is 0.682. The molecule has 0 N–H and O–H groups in total. The number of carbonyl (C=O) groups excluding carboxylic acids is 1. The van der Waals surface area contributed by atoms with Gasteiger partial charge in [-0.25, -0.2) is 4.79 Å². The maximum absolute atomic E-state index is 12.6. The smallest absolute Gasteiger partial charge is 0.410 e. The zero-order valence-corrected chi connectivity index (χ0v) is 17.1. The molecule has 3 atom stereocenters. The van der Waals surface area contributed by atoms with E-state index in [1.807, 2.05) is 49.9 Å². The number of nitrogens with zero attached hydrogens (tertiary/aromatic N) is 1. The largest absolute Gasteiger partial charge is 0.493 e. The minimum absolute atomic E-state index is 0.132. The summed E-state index contributed by atoms with van der Waals surface area (Å²) < 4.78 is 17.6. The molecule has 1 aromatic rings. The Labute approximate surface area is 163 Å². The first-order valence-electron chi connectivity index (χ1n) is 10.3. The number of hydrogen-bond acceptors (Lipinski definition) is 4. The summed E-state index contributed by atoms with van der Waals surface area (Å²) in [4.78, 5) is 14.5. The molecule has 5 nitrogen and oxygen atoms in total. The molecule has 1 unspecified atom stereocenters. The van der Waals surface area contributed by atoms with Crippen LogP contribution in [0.25, 0.3) is 0 Å². The number of benzene rings is 1. The number of piperidine rings is 1. The predicted octanol–water partition coefficient (Wildman–Crippen LogP) is 5.17. The van der Waals surface area contributed by atoms with Crippen LogP contribution in [-0.2, 0) is 4.74 Å². The lowest BCUT2D eigenvalue weighted by molar-refractivity contribution is -0.00708. The predicted molar refractivity (Wildman–Crippen MR) is 105 cm³/mol. The maximum atomic E-state index is 12.6. The summed E-state index contributed by atoms with van der Waals surface area (Å²) in [5.74, 6) is 1.70. The van der Waals surface area contributed by atoms with Gasteiger partial charge in [0.05, 0.1) is 6.61 Å². The van der Waals surface area contributed by atoms with Gasteiger partial charge in [-0.05, 0) is 52.2 Å². The lowest BCUT2D eigenvalue weighted by Gasteiger charge is -2.39. The number of fused-ring (bicyclic) bond motifs is 2. The minimum atomic E-state index is -0.456. The Morgan fingerprint density at radius 1 is 1.15 bits per heavy atom. The molecule has 2 aliphatic heterocycles. The van der Waals surface area contributed by atoms with Gasteiger partial charge in [-0.1, -0.05) is 19.4 Å². The topological polar surface area (TPSA) is 48.0 Å². The van der Waals surface area contributed by atoms with Crippen LogP contribution in [0.2, 0.25) is 0 Å². The van der Waals surface area contributed by atoms with Crippen molar-refractivity contribution in [2.75, 3.05) is 6.61 Å². The Bertz CT molecular complexity index is 625. The molecule has 1 aromatic carbocycles. The second-order valence-electron chi connectivity index (χ2n) is 8.66. The number of rotatable bonds is 6. The van der Waals surface area contributed by atoms with Gasteiger partial charge < -0.3 is 19.1 Å². The Morgan fingerprint density at radius 3 is 2.44 bits per heavy atom. The van der Waals surface area contributed by atoms with Crippen molar-refractivity contribution in [1.82, 2.24) is 4.90 Å². The van der Waals surface area contributed by atoms with E-state index in [2.05, 4.69) is 6.92 Å². The molecule has 0 radical (unpaired) electrons. The summed E-state index contributed by atoms with van der Waals surface area (Å²) in [7, 11) is 0. The first-order valence-corrected chi connectivity index (χ1v) is 10.3. The number of amides is 1. The molecule has 27 heavy (non-hydrogen) atoms. The molecule has 0 aromatic heterocycles. The highest BCUT2D eigenvalue weighted by Crippen LogP contribution is 2.38. The van der Waals surface area contributed by atoms with Crippen LogP contribution in [0.5, 0.6) is 11.5 Å². The minimum Gasteiger partial charge on any atom is -0.493 e. The molecule has 2 saturated heterocycles. The van der Waals surface area contributed by atoms with Crippen molar-refractivity contribution in [2.45, 2.75) is 90.0 Å². The van der Waals surface area contributed by atoms with Gasteiger partial charge >= 0.3 is 6.09 Å². The molecule has 2 heterocycles. The van der Waals surface area contributed by atoms with E-state index in [0.29, 0.717) is 0 Å². The normalized spacial score (nSPS) is 24.6. The average Bonchev–Trinajstić information content (AvgIpc) is 2.85. The summed E-state index contributed by atoms with van der Waals surface area (Å²) in [6.45, 7) is 8.63. The van der Waals surface area contributed by atoms with Crippen molar-refractivity contribution in [2.24, 2.45) is 0 Å². The van der Waals surface area contributed by atoms with Crippen LogP contribution in [0.15, 0.2) is 24.3 Å². The third-order valence-corrected chi connectivity index (χ3v) is 5.17. The van der Waals surface area contributed by atoms with Crippen LogP contribution < -0.4 is 9.47 Å². The average molecular weight is 376 g/mol. The van der Waals surface area contributed by atoms with Crippen LogP contribution in [0.1, 0.15) is 66.2 Å². The zero-order valence-electron chi connectivity index (χ0n) is 17.1. The second kappa shape index (κ2) is 8.41. The van der Waals surface area contributed by atoms with E-state index in [0.717, 1.165) is 56.6 Å². The maximum Gasteiger partial charge on any atom is 0.410 e. The lowest BCUT2D eigenvalue weighted by Crippen LogP contribution is -2.50. The Balaban J connectivity index is 1.57. The molecular formula is C22H33NO4. The van der Waals surface area contributed by atoms with E-state index in [-0.39, 0.29) is 24.3 Å². The lowest BCUT2D eigenvalue weighted by atomic mass is 10.00. The summed E-state index contributed by atoms with van der Waals surface area (Å²) in [6.07, 6.45) is 5.90. The first-order chi connectivity index (χ1) is 12.9. The summed E-state index contributed by atoms with van der Waals surface area (Å²) >= 11 is 0. The summed E-state index contributed by atoms with van der Waals surface area (Å²) in [6, 6.07) is 8.32. The second-order valence-corrected chi connectivity index (χ2v) is 8.66. The molecule has 5 heteroatoms. The Kier molecular flexibility index (Phi) is 6.18. The monoisotopic (exact) mass is 375 g/mol. The van der Waals surface area contributed by atoms with Gasteiger partial charge in [-0.2, -0.15) is 0 Å². The fourth-order valence-corrected chi connectivity index (χ4v) is 4.00. The molecule has 2 fully saturated rings. The van der Waals surface area contributed by atoms with Gasteiger partial charge in [0.15, 0.2) is 0 Å². The molecule has 2 bridgehead atoms. The first kappa shape index (κ1) is 19.8. The molecule has 0 saturated carbocycles. The van der Waals surface area contributed by atoms with Crippen LogP contribution >= 0.6 is 0 Å². The van der Waals surface area contributed by atoms with Crippen LogP contribution in [0, 0.1) is 0 Å². The van der Waals surface area contributed by atoms with E-state index in [9.17, 15) is 4.79 Å². The fourth-order valence-electron chi connectivity index (χ4n) is 4.00. The molecule has 0 spiro atoms. The van der Waals surface area contributed by atoms with Crippen molar-refractivity contribution in [3.63, 3.8) is 0 Å². The number of ether oxygens (including phenoxy) is 3. The quantitative estimate of drug-likeness (QED) is 0.643. The van der Waals surface area contributed by atoms with Gasteiger partial charge in [-0.3, -0.25) is 0 Å². The van der Waals surface area contributed by atoms with Gasteiger partial charge in [-0.15, -0.1) is 0 Å². The van der Waals surface area contributed by atoms with E-state index in [1.165, 1.54) is 0 Å². The molecule has 2 aliphatic rings. The van der Waals surface area contributed by atoms with Gasteiger partial charge in [0.25, 0.3) is 0 Å². The van der Waals surface area contributed by atoms with E-state index in [1.54, 1.807) is 0 Å². The molecular weight excluding hydrogens is 342 g/mol. The van der Waals surface area contributed by atoms with Crippen molar-refractivity contribution >= 4 is 6.09 Å². The van der Waals surface area contributed by atoms with Crippen molar-refractivity contribution in [1.29, 1.82) is 0 Å². The van der Waals surface area contributed by atoms with Crippen molar-refractivity contribution in [3.8, 4) is 11.5 Å². The molecule has 1 amide bonds. The van der Waals surface area contributed by atoms with Crippen molar-refractivity contribution < 1.29 is 19.0 Å².